The van der Waals surface area contributed by atoms with Crippen LogP contribution in [0.3, 0.4) is 0 Å². The molecular weight excluding hydrogens is 338 g/mol. The number of fused-ring (bicyclic) bond motifs is 1. The Balaban J connectivity index is 1.33. The number of rotatable bonds is 3. The highest BCUT2D eigenvalue weighted by atomic mass is 16.2. The molecule has 1 aliphatic heterocycles. The van der Waals surface area contributed by atoms with Crippen molar-refractivity contribution in [3.05, 3.63) is 65.0 Å². The summed E-state index contributed by atoms with van der Waals surface area (Å²) in [6.07, 6.45) is 8.53. The molecule has 2 aliphatic rings. The van der Waals surface area contributed by atoms with Crippen molar-refractivity contribution in [3.63, 3.8) is 0 Å². The molecule has 27 heavy (non-hydrogen) atoms. The fourth-order valence-electron chi connectivity index (χ4n) is 4.02. The summed E-state index contributed by atoms with van der Waals surface area (Å²) in [4.78, 5) is 32.8. The molecule has 1 aromatic heterocycles. The van der Waals surface area contributed by atoms with Gasteiger partial charge in [0.2, 0.25) is 5.91 Å². The zero-order valence-corrected chi connectivity index (χ0v) is 15.6. The van der Waals surface area contributed by atoms with Gasteiger partial charge in [0.1, 0.15) is 0 Å². The van der Waals surface area contributed by atoms with Crippen LogP contribution in [0.1, 0.15) is 39.9 Å². The lowest BCUT2D eigenvalue weighted by Gasteiger charge is -2.35. The van der Waals surface area contributed by atoms with E-state index in [-0.39, 0.29) is 11.8 Å². The van der Waals surface area contributed by atoms with Gasteiger partial charge in [-0.3, -0.25) is 14.6 Å². The normalized spacial score (nSPS) is 16.7. The number of pyridine rings is 1. The minimum Gasteiger partial charge on any atom is -0.339 e. The maximum Gasteiger partial charge on any atom is 0.254 e. The van der Waals surface area contributed by atoms with Crippen LogP contribution in [0.15, 0.2) is 42.7 Å². The molecular formula is C22H25N3O2. The molecule has 140 valence electrons. The van der Waals surface area contributed by atoms with Crippen molar-refractivity contribution in [2.75, 3.05) is 26.2 Å². The van der Waals surface area contributed by atoms with Crippen LogP contribution in [0, 0.1) is 0 Å². The third kappa shape index (κ3) is 4.02. The van der Waals surface area contributed by atoms with Crippen molar-refractivity contribution < 1.29 is 9.59 Å². The predicted molar refractivity (Wildman–Crippen MR) is 104 cm³/mol. The monoisotopic (exact) mass is 363 g/mol. The van der Waals surface area contributed by atoms with Crippen LogP contribution in [-0.2, 0) is 24.1 Å². The fraction of sp³-hybridized carbons (Fsp3) is 0.409. The first-order chi connectivity index (χ1) is 13.2. The van der Waals surface area contributed by atoms with E-state index in [2.05, 4.69) is 23.2 Å². The van der Waals surface area contributed by atoms with E-state index >= 15 is 0 Å². The van der Waals surface area contributed by atoms with Gasteiger partial charge < -0.3 is 9.80 Å². The molecule has 1 aromatic carbocycles. The molecule has 0 radical (unpaired) electrons. The number of carbonyl (C=O) groups is 2. The van der Waals surface area contributed by atoms with Crippen molar-refractivity contribution in [2.45, 2.75) is 32.1 Å². The second-order valence-electron chi connectivity index (χ2n) is 7.40. The van der Waals surface area contributed by atoms with E-state index < -0.39 is 0 Å². The van der Waals surface area contributed by atoms with Crippen molar-refractivity contribution in [1.29, 1.82) is 0 Å². The molecule has 2 aromatic rings. The van der Waals surface area contributed by atoms with Crippen LogP contribution in [0.5, 0.6) is 0 Å². The Kier molecular flexibility index (Phi) is 5.19. The fourth-order valence-corrected chi connectivity index (χ4v) is 4.02. The van der Waals surface area contributed by atoms with Crippen molar-refractivity contribution >= 4 is 11.8 Å². The largest absolute Gasteiger partial charge is 0.339 e. The van der Waals surface area contributed by atoms with Gasteiger partial charge in [-0.2, -0.15) is 0 Å². The topological polar surface area (TPSA) is 53.5 Å². The minimum absolute atomic E-state index is 0.0131. The van der Waals surface area contributed by atoms with E-state index in [4.69, 9.17) is 0 Å². The van der Waals surface area contributed by atoms with Crippen LogP contribution in [0.25, 0.3) is 0 Å². The van der Waals surface area contributed by atoms with E-state index in [0.29, 0.717) is 38.2 Å². The first-order valence-corrected chi connectivity index (χ1v) is 9.78. The van der Waals surface area contributed by atoms with E-state index in [1.165, 1.54) is 24.0 Å². The molecule has 0 saturated carbocycles. The number of hydrogen-bond donors (Lipinski definition) is 0. The van der Waals surface area contributed by atoms with Crippen LogP contribution in [-0.4, -0.2) is 52.8 Å². The van der Waals surface area contributed by atoms with Crippen LogP contribution in [0.2, 0.25) is 0 Å². The van der Waals surface area contributed by atoms with Crippen LogP contribution >= 0.6 is 0 Å². The summed E-state index contributed by atoms with van der Waals surface area (Å²) in [7, 11) is 0. The zero-order chi connectivity index (χ0) is 18.6. The quantitative estimate of drug-likeness (QED) is 0.842. The van der Waals surface area contributed by atoms with E-state index in [1.54, 1.807) is 24.5 Å². The Labute approximate surface area is 160 Å². The number of amides is 2. The van der Waals surface area contributed by atoms with Crippen molar-refractivity contribution in [2.24, 2.45) is 0 Å². The Morgan fingerprint density at radius 3 is 2.26 bits per heavy atom. The maximum absolute atomic E-state index is 12.7. The van der Waals surface area contributed by atoms with Crippen molar-refractivity contribution in [3.8, 4) is 0 Å². The SMILES string of the molecule is O=C(Cc1ccc2c(c1)CCCC2)N1CCN(C(=O)c2ccncc2)CC1. The first kappa shape index (κ1) is 17.7. The predicted octanol–water partition coefficient (Wildman–Crippen LogP) is 2.49. The average molecular weight is 363 g/mol. The summed E-state index contributed by atoms with van der Waals surface area (Å²) < 4.78 is 0. The van der Waals surface area contributed by atoms with E-state index in [1.807, 2.05) is 9.80 Å². The second-order valence-corrected chi connectivity index (χ2v) is 7.40. The summed E-state index contributed by atoms with van der Waals surface area (Å²) in [5.41, 5.74) is 4.62. The average Bonchev–Trinajstić information content (AvgIpc) is 2.74. The third-order valence-corrected chi connectivity index (χ3v) is 5.62. The highest BCUT2D eigenvalue weighted by molar-refractivity contribution is 5.94. The van der Waals surface area contributed by atoms with Gasteiger partial charge in [-0.05, 0) is 54.5 Å². The molecule has 4 rings (SSSR count). The number of hydrogen-bond acceptors (Lipinski definition) is 3. The second kappa shape index (κ2) is 7.91. The van der Waals surface area contributed by atoms with Gasteiger partial charge in [-0.15, -0.1) is 0 Å². The Hall–Kier alpha value is -2.69. The first-order valence-electron chi connectivity index (χ1n) is 9.78. The third-order valence-electron chi connectivity index (χ3n) is 5.62. The summed E-state index contributed by atoms with van der Waals surface area (Å²) in [6, 6.07) is 9.98. The molecule has 2 heterocycles. The van der Waals surface area contributed by atoms with E-state index in [9.17, 15) is 9.59 Å². The van der Waals surface area contributed by atoms with Gasteiger partial charge in [-0.1, -0.05) is 18.2 Å². The molecule has 5 heteroatoms. The number of nitrogens with zero attached hydrogens (tertiary/aromatic N) is 3. The number of piperazine rings is 1. The van der Waals surface area contributed by atoms with Crippen LogP contribution < -0.4 is 0 Å². The molecule has 2 amide bonds. The Morgan fingerprint density at radius 2 is 1.52 bits per heavy atom. The Bertz CT molecular complexity index is 827. The molecule has 1 aliphatic carbocycles. The van der Waals surface area contributed by atoms with Gasteiger partial charge >= 0.3 is 0 Å². The molecule has 0 N–H and O–H groups in total. The number of carbonyl (C=O) groups excluding carboxylic acids is 2. The van der Waals surface area contributed by atoms with Gasteiger partial charge in [0.15, 0.2) is 0 Å². The number of benzene rings is 1. The zero-order valence-electron chi connectivity index (χ0n) is 15.6. The molecule has 0 bridgehead atoms. The molecule has 0 atom stereocenters. The number of aromatic nitrogens is 1. The standard InChI is InChI=1S/C22H25N3O2/c26-21(16-17-5-6-18-3-1-2-4-20(18)15-17)24-11-13-25(14-12-24)22(27)19-7-9-23-10-8-19/h5-10,15H,1-4,11-14,16H2. The van der Waals surface area contributed by atoms with Crippen molar-refractivity contribution in [1.82, 2.24) is 14.8 Å². The highest BCUT2D eigenvalue weighted by Gasteiger charge is 2.25. The summed E-state index contributed by atoms with van der Waals surface area (Å²) in [6.45, 7) is 2.36. The summed E-state index contributed by atoms with van der Waals surface area (Å²) in [5, 5.41) is 0. The minimum atomic E-state index is 0.0131. The van der Waals surface area contributed by atoms with Gasteiger partial charge in [0, 0.05) is 44.1 Å². The van der Waals surface area contributed by atoms with Gasteiger partial charge in [0.25, 0.3) is 5.91 Å². The van der Waals surface area contributed by atoms with Gasteiger partial charge in [-0.25, -0.2) is 0 Å². The lowest BCUT2D eigenvalue weighted by atomic mass is 9.90. The molecule has 5 nitrogen and oxygen atoms in total. The van der Waals surface area contributed by atoms with Crippen LogP contribution in [0.4, 0.5) is 0 Å². The molecule has 1 saturated heterocycles. The highest BCUT2D eigenvalue weighted by Crippen LogP contribution is 2.22. The van der Waals surface area contributed by atoms with E-state index in [0.717, 1.165) is 18.4 Å². The lowest BCUT2D eigenvalue weighted by Crippen LogP contribution is -2.51. The smallest absolute Gasteiger partial charge is 0.254 e. The molecule has 0 spiro atoms. The molecule has 1 fully saturated rings. The molecule has 0 unspecified atom stereocenters. The number of aryl methyl sites for hydroxylation is 2. The summed E-state index contributed by atoms with van der Waals surface area (Å²) in [5.74, 6) is 0.168. The Morgan fingerprint density at radius 1 is 0.852 bits per heavy atom. The summed E-state index contributed by atoms with van der Waals surface area (Å²) >= 11 is 0. The van der Waals surface area contributed by atoms with Gasteiger partial charge in [0.05, 0.1) is 6.42 Å². The lowest BCUT2D eigenvalue weighted by molar-refractivity contribution is -0.131. The maximum atomic E-state index is 12.7.